The van der Waals surface area contributed by atoms with E-state index in [4.69, 9.17) is 10.2 Å². The third-order valence-electron chi connectivity index (χ3n) is 4.65. The number of primary amides is 1. The Kier molecular flexibility index (Phi) is 8.31. The first-order valence-corrected chi connectivity index (χ1v) is 9.17. The van der Waals surface area contributed by atoms with E-state index in [1.165, 1.54) is 0 Å². The minimum Gasteiger partial charge on any atom is -0.469 e. The van der Waals surface area contributed by atoms with Crippen molar-refractivity contribution >= 4 is 11.9 Å². The summed E-state index contributed by atoms with van der Waals surface area (Å²) in [6.07, 6.45) is 6.57. The third-order valence-corrected chi connectivity index (χ3v) is 4.65. The average molecular weight is 349 g/mol. The van der Waals surface area contributed by atoms with Gasteiger partial charge in [-0.15, -0.1) is 0 Å². The molecule has 7 nitrogen and oxygen atoms in total. The molecule has 1 aliphatic rings. The van der Waals surface area contributed by atoms with Crippen LogP contribution in [0.25, 0.3) is 0 Å². The number of carbonyl (C=O) groups excluding carboxylic acids is 1. The van der Waals surface area contributed by atoms with Crippen molar-refractivity contribution in [1.82, 2.24) is 15.5 Å². The molecule has 0 spiro atoms. The number of nitrogens with zero attached hydrogens (tertiary/aromatic N) is 2. The Hall–Kier alpha value is -2.02. The molecule has 0 aromatic carbocycles. The van der Waals surface area contributed by atoms with Gasteiger partial charge in [0.1, 0.15) is 5.76 Å². The predicted octanol–water partition coefficient (Wildman–Crippen LogP) is 0.965. The summed E-state index contributed by atoms with van der Waals surface area (Å²) in [6.45, 7) is 4.74. The summed E-state index contributed by atoms with van der Waals surface area (Å²) in [5.41, 5.74) is 5.37. The summed E-state index contributed by atoms with van der Waals surface area (Å²) in [6, 6.07) is 3.88. The number of hydrogen-bond donors (Lipinski definition) is 3. The summed E-state index contributed by atoms with van der Waals surface area (Å²) in [5, 5.41) is 6.63. The lowest BCUT2D eigenvalue weighted by Crippen LogP contribution is -2.40. The van der Waals surface area contributed by atoms with Gasteiger partial charge in [-0.1, -0.05) is 0 Å². The summed E-state index contributed by atoms with van der Waals surface area (Å²) in [5.74, 6) is 1.74. The molecule has 0 atom stereocenters. The molecule has 1 amide bonds. The Morgan fingerprint density at radius 2 is 2.08 bits per heavy atom. The number of hydrogen-bond acceptors (Lipinski definition) is 4. The first kappa shape index (κ1) is 19.3. The van der Waals surface area contributed by atoms with Crippen molar-refractivity contribution < 1.29 is 9.21 Å². The van der Waals surface area contributed by atoms with Crippen LogP contribution in [-0.2, 0) is 11.2 Å². The third kappa shape index (κ3) is 7.17. The number of carbonyl (C=O) groups is 1. The van der Waals surface area contributed by atoms with Crippen LogP contribution >= 0.6 is 0 Å². The highest BCUT2D eigenvalue weighted by molar-refractivity contribution is 5.79. The molecule has 7 heteroatoms. The molecule has 0 aliphatic carbocycles. The van der Waals surface area contributed by atoms with E-state index in [-0.39, 0.29) is 11.8 Å². The van der Waals surface area contributed by atoms with Crippen molar-refractivity contribution in [3.8, 4) is 0 Å². The standard InChI is InChI=1S/C18H31N5O2/c1-20-18(22-10-6-16-5-4-14-25-16)21-9-2-3-11-23-12-7-15(8-13-23)17(19)24/h4-5,14-15H,2-3,6-13H2,1H3,(H2,19,24)(H2,20,21,22). The summed E-state index contributed by atoms with van der Waals surface area (Å²) in [7, 11) is 1.78. The van der Waals surface area contributed by atoms with Gasteiger partial charge in [0, 0.05) is 32.5 Å². The average Bonchev–Trinajstić information content (AvgIpc) is 3.13. The van der Waals surface area contributed by atoms with Gasteiger partial charge >= 0.3 is 0 Å². The molecule has 2 heterocycles. The number of furan rings is 1. The number of aliphatic imine (C=N–C) groups is 1. The fourth-order valence-electron chi connectivity index (χ4n) is 3.09. The smallest absolute Gasteiger partial charge is 0.220 e. The Balaban J connectivity index is 1.49. The van der Waals surface area contributed by atoms with Crippen LogP contribution in [0.4, 0.5) is 0 Å². The topological polar surface area (TPSA) is 95.9 Å². The molecule has 25 heavy (non-hydrogen) atoms. The highest BCUT2D eigenvalue weighted by Gasteiger charge is 2.22. The fourth-order valence-corrected chi connectivity index (χ4v) is 3.09. The number of unbranched alkanes of at least 4 members (excludes halogenated alkanes) is 1. The number of likely N-dealkylation sites (tertiary alicyclic amines) is 1. The quantitative estimate of drug-likeness (QED) is 0.351. The van der Waals surface area contributed by atoms with Gasteiger partial charge in [-0.05, 0) is 57.5 Å². The maximum Gasteiger partial charge on any atom is 0.220 e. The Morgan fingerprint density at radius 3 is 2.72 bits per heavy atom. The maximum absolute atomic E-state index is 11.2. The van der Waals surface area contributed by atoms with Gasteiger partial charge in [-0.2, -0.15) is 0 Å². The monoisotopic (exact) mass is 349 g/mol. The van der Waals surface area contributed by atoms with Crippen LogP contribution in [0.2, 0.25) is 0 Å². The van der Waals surface area contributed by atoms with Crippen LogP contribution in [0.1, 0.15) is 31.4 Å². The molecule has 1 aliphatic heterocycles. The largest absolute Gasteiger partial charge is 0.469 e. The SMILES string of the molecule is CN=C(NCCCCN1CCC(C(N)=O)CC1)NCCc1ccco1. The fraction of sp³-hybridized carbons (Fsp3) is 0.667. The predicted molar refractivity (Wildman–Crippen MR) is 99.4 cm³/mol. The Labute approximate surface area is 150 Å². The first-order valence-electron chi connectivity index (χ1n) is 9.17. The zero-order chi connectivity index (χ0) is 17.9. The van der Waals surface area contributed by atoms with Gasteiger partial charge in [0.05, 0.1) is 6.26 Å². The van der Waals surface area contributed by atoms with Crippen molar-refractivity contribution in [2.24, 2.45) is 16.6 Å². The normalized spacial score (nSPS) is 16.8. The molecule has 140 valence electrons. The summed E-state index contributed by atoms with van der Waals surface area (Å²) >= 11 is 0. The molecule has 4 N–H and O–H groups in total. The number of nitrogens with two attached hydrogens (primary N) is 1. The molecule has 1 saturated heterocycles. The number of rotatable bonds is 9. The van der Waals surface area contributed by atoms with E-state index in [1.54, 1.807) is 13.3 Å². The van der Waals surface area contributed by atoms with Crippen LogP contribution in [0, 0.1) is 5.92 Å². The first-order chi connectivity index (χ1) is 12.2. The van der Waals surface area contributed by atoms with Crippen molar-refractivity contribution in [1.29, 1.82) is 0 Å². The molecule has 1 aromatic rings. The van der Waals surface area contributed by atoms with E-state index in [0.717, 1.165) is 76.5 Å². The molecule has 0 bridgehead atoms. The molecule has 0 saturated carbocycles. The minimum absolute atomic E-state index is 0.0773. The molecule has 0 unspecified atom stereocenters. The molecular formula is C18H31N5O2. The van der Waals surface area contributed by atoms with Gasteiger partial charge in [0.2, 0.25) is 5.91 Å². The van der Waals surface area contributed by atoms with Crippen LogP contribution in [-0.4, -0.2) is 56.5 Å². The molecule has 0 radical (unpaired) electrons. The van der Waals surface area contributed by atoms with E-state index in [9.17, 15) is 4.79 Å². The van der Waals surface area contributed by atoms with Gasteiger partial charge in [-0.3, -0.25) is 9.79 Å². The Morgan fingerprint density at radius 1 is 1.32 bits per heavy atom. The van der Waals surface area contributed by atoms with Crippen LogP contribution in [0.3, 0.4) is 0 Å². The van der Waals surface area contributed by atoms with Crippen molar-refractivity contribution in [2.45, 2.75) is 32.1 Å². The van der Waals surface area contributed by atoms with Crippen molar-refractivity contribution in [2.75, 3.05) is 39.8 Å². The van der Waals surface area contributed by atoms with Gasteiger partial charge in [0.25, 0.3) is 0 Å². The summed E-state index contributed by atoms with van der Waals surface area (Å²) < 4.78 is 5.31. The number of amides is 1. The zero-order valence-electron chi connectivity index (χ0n) is 15.2. The van der Waals surface area contributed by atoms with Crippen molar-refractivity contribution in [3.05, 3.63) is 24.2 Å². The molecule has 1 aromatic heterocycles. The number of piperidine rings is 1. The minimum atomic E-state index is -0.144. The van der Waals surface area contributed by atoms with E-state index >= 15 is 0 Å². The van der Waals surface area contributed by atoms with E-state index in [0.29, 0.717) is 0 Å². The second-order valence-electron chi connectivity index (χ2n) is 6.48. The van der Waals surface area contributed by atoms with Gasteiger partial charge < -0.3 is 25.7 Å². The summed E-state index contributed by atoms with van der Waals surface area (Å²) in [4.78, 5) is 17.8. The van der Waals surface area contributed by atoms with E-state index < -0.39 is 0 Å². The second kappa shape index (κ2) is 10.8. The lowest BCUT2D eigenvalue weighted by atomic mass is 9.96. The van der Waals surface area contributed by atoms with E-state index in [2.05, 4.69) is 20.5 Å². The van der Waals surface area contributed by atoms with Crippen LogP contribution in [0.15, 0.2) is 27.8 Å². The number of guanidine groups is 1. The highest BCUT2D eigenvalue weighted by Crippen LogP contribution is 2.16. The molecule has 1 fully saturated rings. The second-order valence-corrected chi connectivity index (χ2v) is 6.48. The van der Waals surface area contributed by atoms with Gasteiger partial charge in [0.15, 0.2) is 5.96 Å². The molecule has 2 rings (SSSR count). The zero-order valence-corrected chi connectivity index (χ0v) is 15.2. The maximum atomic E-state index is 11.2. The lowest BCUT2D eigenvalue weighted by Gasteiger charge is -2.30. The van der Waals surface area contributed by atoms with Crippen molar-refractivity contribution in [3.63, 3.8) is 0 Å². The van der Waals surface area contributed by atoms with Crippen LogP contribution in [0.5, 0.6) is 0 Å². The number of nitrogens with one attached hydrogen (secondary N) is 2. The van der Waals surface area contributed by atoms with Gasteiger partial charge in [-0.25, -0.2) is 0 Å². The lowest BCUT2D eigenvalue weighted by molar-refractivity contribution is -0.123. The molecular weight excluding hydrogens is 318 g/mol. The Bertz CT molecular complexity index is 522. The van der Waals surface area contributed by atoms with Crippen LogP contribution < -0.4 is 16.4 Å². The van der Waals surface area contributed by atoms with E-state index in [1.807, 2.05) is 12.1 Å². The highest BCUT2D eigenvalue weighted by atomic mass is 16.3.